The van der Waals surface area contributed by atoms with Gasteiger partial charge in [-0.3, -0.25) is 9.59 Å². The van der Waals surface area contributed by atoms with Gasteiger partial charge >= 0.3 is 0 Å². The van der Waals surface area contributed by atoms with Crippen molar-refractivity contribution in [2.24, 2.45) is 0 Å². The molecule has 0 spiro atoms. The highest BCUT2D eigenvalue weighted by atomic mass is 32.2. The van der Waals surface area contributed by atoms with Crippen molar-refractivity contribution >= 4 is 23.6 Å². The van der Waals surface area contributed by atoms with E-state index in [0.717, 1.165) is 29.0 Å². The van der Waals surface area contributed by atoms with E-state index in [9.17, 15) is 9.59 Å². The second kappa shape index (κ2) is 13.7. The van der Waals surface area contributed by atoms with Gasteiger partial charge in [0, 0.05) is 18.8 Å². The van der Waals surface area contributed by atoms with Gasteiger partial charge in [0.25, 0.3) is 0 Å². The third kappa shape index (κ3) is 7.79. The molecule has 2 amide bonds. The van der Waals surface area contributed by atoms with Crippen molar-refractivity contribution in [1.82, 2.24) is 10.2 Å². The third-order valence-corrected chi connectivity index (χ3v) is 6.06. The Kier molecular flexibility index (Phi) is 10.9. The molecule has 0 heterocycles. The van der Waals surface area contributed by atoms with Crippen molar-refractivity contribution in [3.05, 3.63) is 59.7 Å². The SMILES string of the molecule is CCCNC(=O)C(CC)N(Cc1cccc(OC)c1)C(=O)CSCc1ccc(OC)cc1. The average Bonchev–Trinajstić information content (AvgIpc) is 2.83. The minimum atomic E-state index is -0.512. The number of carbonyl (C=O) groups is 2. The quantitative estimate of drug-likeness (QED) is 0.486. The minimum Gasteiger partial charge on any atom is -0.497 e. The van der Waals surface area contributed by atoms with Crippen molar-refractivity contribution in [3.63, 3.8) is 0 Å². The van der Waals surface area contributed by atoms with Crippen LogP contribution in [0.3, 0.4) is 0 Å². The van der Waals surface area contributed by atoms with E-state index in [-0.39, 0.29) is 11.8 Å². The molecule has 174 valence electrons. The summed E-state index contributed by atoms with van der Waals surface area (Å²) < 4.78 is 10.5. The molecule has 0 saturated carbocycles. The molecule has 1 N–H and O–H groups in total. The van der Waals surface area contributed by atoms with Gasteiger partial charge in [0.2, 0.25) is 11.8 Å². The Morgan fingerprint density at radius 3 is 2.34 bits per heavy atom. The molecule has 1 unspecified atom stereocenters. The number of rotatable bonds is 13. The van der Waals surface area contributed by atoms with Crippen molar-refractivity contribution in [1.29, 1.82) is 0 Å². The first-order chi connectivity index (χ1) is 15.5. The Hall–Kier alpha value is -2.67. The summed E-state index contributed by atoms with van der Waals surface area (Å²) >= 11 is 1.54. The fourth-order valence-corrected chi connectivity index (χ4v) is 4.18. The fourth-order valence-electron chi connectivity index (χ4n) is 3.31. The Labute approximate surface area is 195 Å². The van der Waals surface area contributed by atoms with Gasteiger partial charge in [0.15, 0.2) is 0 Å². The number of thioether (sulfide) groups is 1. The predicted molar refractivity (Wildman–Crippen MR) is 130 cm³/mol. The summed E-state index contributed by atoms with van der Waals surface area (Å²) in [5, 5.41) is 2.94. The number of carbonyl (C=O) groups excluding carboxylic acids is 2. The summed E-state index contributed by atoms with van der Waals surface area (Å²) in [7, 11) is 3.25. The number of nitrogens with one attached hydrogen (secondary N) is 1. The van der Waals surface area contributed by atoms with E-state index in [0.29, 0.717) is 31.0 Å². The highest BCUT2D eigenvalue weighted by molar-refractivity contribution is 7.99. The average molecular weight is 459 g/mol. The minimum absolute atomic E-state index is 0.0511. The molecule has 7 heteroatoms. The molecule has 0 fully saturated rings. The van der Waals surface area contributed by atoms with Crippen LogP contribution < -0.4 is 14.8 Å². The number of amides is 2. The fraction of sp³-hybridized carbons (Fsp3) is 0.440. The normalized spacial score (nSPS) is 11.5. The molecule has 0 aromatic heterocycles. The molecule has 0 aliphatic rings. The molecule has 0 radical (unpaired) electrons. The van der Waals surface area contributed by atoms with Crippen LogP contribution in [0.2, 0.25) is 0 Å². The van der Waals surface area contributed by atoms with E-state index in [1.807, 2.05) is 62.4 Å². The summed E-state index contributed by atoms with van der Waals surface area (Å²) in [4.78, 5) is 27.7. The lowest BCUT2D eigenvalue weighted by molar-refractivity contribution is -0.139. The molecule has 2 rings (SSSR count). The van der Waals surface area contributed by atoms with Crippen molar-refractivity contribution in [3.8, 4) is 11.5 Å². The Morgan fingerprint density at radius 2 is 1.72 bits per heavy atom. The monoisotopic (exact) mass is 458 g/mol. The van der Waals surface area contributed by atoms with E-state index in [1.165, 1.54) is 0 Å². The molecule has 6 nitrogen and oxygen atoms in total. The lowest BCUT2D eigenvalue weighted by Crippen LogP contribution is -2.49. The van der Waals surface area contributed by atoms with Gasteiger partial charge in [-0.05, 0) is 48.2 Å². The van der Waals surface area contributed by atoms with Gasteiger partial charge in [-0.2, -0.15) is 0 Å². The zero-order valence-electron chi connectivity index (χ0n) is 19.4. The zero-order valence-corrected chi connectivity index (χ0v) is 20.2. The number of hydrogen-bond acceptors (Lipinski definition) is 5. The molecule has 0 bridgehead atoms. The van der Waals surface area contributed by atoms with Crippen molar-refractivity contribution in [2.75, 3.05) is 26.5 Å². The third-order valence-electron chi connectivity index (χ3n) is 5.08. The van der Waals surface area contributed by atoms with Gasteiger partial charge in [-0.1, -0.05) is 38.1 Å². The van der Waals surface area contributed by atoms with Crippen LogP contribution in [0.4, 0.5) is 0 Å². The highest BCUT2D eigenvalue weighted by Crippen LogP contribution is 2.20. The molecular formula is C25H34N2O4S. The number of ether oxygens (including phenoxy) is 2. The molecule has 2 aromatic carbocycles. The smallest absolute Gasteiger partial charge is 0.242 e. The van der Waals surface area contributed by atoms with Gasteiger partial charge in [0.05, 0.1) is 20.0 Å². The first kappa shape index (κ1) is 25.6. The molecular weight excluding hydrogens is 424 g/mol. The van der Waals surface area contributed by atoms with Gasteiger partial charge in [-0.15, -0.1) is 11.8 Å². The number of hydrogen-bond donors (Lipinski definition) is 1. The molecule has 0 aliphatic carbocycles. The molecule has 32 heavy (non-hydrogen) atoms. The highest BCUT2D eigenvalue weighted by Gasteiger charge is 2.28. The summed E-state index contributed by atoms with van der Waals surface area (Å²) in [6.07, 6.45) is 1.40. The summed E-state index contributed by atoms with van der Waals surface area (Å²) in [5.41, 5.74) is 2.05. The molecule has 0 aliphatic heterocycles. The second-order valence-corrected chi connectivity index (χ2v) is 8.41. The van der Waals surface area contributed by atoms with Gasteiger partial charge in [0.1, 0.15) is 17.5 Å². The maximum Gasteiger partial charge on any atom is 0.242 e. The van der Waals surface area contributed by atoms with Crippen LogP contribution in [0.5, 0.6) is 11.5 Å². The van der Waals surface area contributed by atoms with E-state index >= 15 is 0 Å². The topological polar surface area (TPSA) is 67.9 Å². The van der Waals surface area contributed by atoms with E-state index in [2.05, 4.69) is 5.32 Å². The lowest BCUT2D eigenvalue weighted by Gasteiger charge is -2.30. The van der Waals surface area contributed by atoms with Crippen LogP contribution >= 0.6 is 11.8 Å². The van der Waals surface area contributed by atoms with Crippen molar-refractivity contribution in [2.45, 2.75) is 45.0 Å². The van der Waals surface area contributed by atoms with E-state index in [4.69, 9.17) is 9.47 Å². The van der Waals surface area contributed by atoms with Crippen molar-refractivity contribution < 1.29 is 19.1 Å². The molecule has 1 atom stereocenters. The Morgan fingerprint density at radius 1 is 1.00 bits per heavy atom. The standard InChI is InChI=1S/C25H34N2O4S/c1-5-14-26-25(29)23(6-2)27(16-20-8-7-9-22(15-20)31-4)24(28)18-32-17-19-10-12-21(30-3)13-11-19/h7-13,15,23H,5-6,14,16-18H2,1-4H3,(H,26,29). The first-order valence-corrected chi connectivity index (χ1v) is 12.1. The maximum atomic E-state index is 13.2. The summed E-state index contributed by atoms with van der Waals surface area (Å²) in [6, 6.07) is 14.9. The van der Waals surface area contributed by atoms with Gasteiger partial charge < -0.3 is 19.7 Å². The first-order valence-electron chi connectivity index (χ1n) is 10.9. The predicted octanol–water partition coefficient (Wildman–Crippen LogP) is 4.27. The van der Waals surface area contributed by atoms with E-state index < -0.39 is 6.04 Å². The second-order valence-electron chi connectivity index (χ2n) is 7.43. The number of methoxy groups -OCH3 is 2. The van der Waals surface area contributed by atoms with Crippen LogP contribution in [0.15, 0.2) is 48.5 Å². The van der Waals surface area contributed by atoms with Crippen LogP contribution in [0.1, 0.15) is 37.8 Å². The van der Waals surface area contributed by atoms with Crippen LogP contribution in [-0.4, -0.2) is 49.3 Å². The summed E-state index contributed by atoms with van der Waals surface area (Å²) in [6.45, 7) is 4.91. The van der Waals surface area contributed by atoms with E-state index in [1.54, 1.807) is 30.9 Å². The number of nitrogens with zero attached hydrogens (tertiary/aromatic N) is 1. The molecule has 2 aromatic rings. The Balaban J connectivity index is 2.11. The zero-order chi connectivity index (χ0) is 23.3. The van der Waals surface area contributed by atoms with Crippen LogP contribution in [-0.2, 0) is 21.9 Å². The van der Waals surface area contributed by atoms with Crippen LogP contribution in [0.25, 0.3) is 0 Å². The lowest BCUT2D eigenvalue weighted by atomic mass is 10.1. The number of benzene rings is 2. The maximum absolute atomic E-state index is 13.2. The largest absolute Gasteiger partial charge is 0.497 e. The van der Waals surface area contributed by atoms with Gasteiger partial charge in [-0.25, -0.2) is 0 Å². The van der Waals surface area contributed by atoms with Crippen LogP contribution in [0, 0.1) is 0 Å². The summed E-state index contributed by atoms with van der Waals surface area (Å²) in [5.74, 6) is 2.39. The molecule has 0 saturated heterocycles. The Bertz CT molecular complexity index is 857.